The van der Waals surface area contributed by atoms with Gasteiger partial charge >= 0.3 is 0 Å². The zero-order valence-corrected chi connectivity index (χ0v) is 11.6. The molecule has 0 amide bonds. The second-order valence-corrected chi connectivity index (χ2v) is 5.93. The minimum Gasteiger partial charge on any atom is -0.308 e. The zero-order chi connectivity index (χ0) is 11.7. The standard InChI is InChI=1S/C12H12BrN3S/c13-8-1-4-11(15-5-8)12-16-10(7-17-12)6-14-9-2-3-9/h1,4-5,7,9,14H,2-3,6H2. The van der Waals surface area contributed by atoms with E-state index in [1.165, 1.54) is 12.8 Å². The summed E-state index contributed by atoms with van der Waals surface area (Å²) < 4.78 is 0.994. The van der Waals surface area contributed by atoms with Crippen molar-refractivity contribution in [3.8, 4) is 10.7 Å². The van der Waals surface area contributed by atoms with E-state index >= 15 is 0 Å². The lowest BCUT2D eigenvalue weighted by atomic mass is 10.3. The topological polar surface area (TPSA) is 37.8 Å². The van der Waals surface area contributed by atoms with Crippen molar-refractivity contribution < 1.29 is 0 Å². The van der Waals surface area contributed by atoms with Gasteiger partial charge in [0, 0.05) is 28.6 Å². The Kier molecular flexibility index (Phi) is 3.22. The summed E-state index contributed by atoms with van der Waals surface area (Å²) in [5.41, 5.74) is 2.05. The molecule has 0 spiro atoms. The smallest absolute Gasteiger partial charge is 0.142 e. The molecule has 5 heteroatoms. The first kappa shape index (κ1) is 11.3. The molecule has 1 N–H and O–H groups in total. The van der Waals surface area contributed by atoms with Crippen molar-refractivity contribution in [3.63, 3.8) is 0 Å². The molecule has 1 fully saturated rings. The van der Waals surface area contributed by atoms with Crippen LogP contribution in [0.4, 0.5) is 0 Å². The van der Waals surface area contributed by atoms with Gasteiger partial charge in [-0.1, -0.05) is 0 Å². The summed E-state index contributed by atoms with van der Waals surface area (Å²) in [6.45, 7) is 0.873. The third-order valence-corrected chi connectivity index (χ3v) is 4.03. The Morgan fingerprint density at radius 1 is 1.41 bits per heavy atom. The molecule has 3 rings (SSSR count). The molecule has 1 saturated carbocycles. The van der Waals surface area contributed by atoms with Crippen molar-refractivity contribution in [2.45, 2.75) is 25.4 Å². The highest BCUT2D eigenvalue weighted by atomic mass is 79.9. The van der Waals surface area contributed by atoms with Crippen LogP contribution in [-0.4, -0.2) is 16.0 Å². The number of rotatable bonds is 4. The van der Waals surface area contributed by atoms with Crippen LogP contribution in [0.2, 0.25) is 0 Å². The molecular formula is C12H12BrN3S. The van der Waals surface area contributed by atoms with Crippen LogP contribution in [0.25, 0.3) is 10.7 Å². The number of thiazole rings is 1. The molecule has 88 valence electrons. The summed E-state index contributed by atoms with van der Waals surface area (Å²) in [7, 11) is 0. The summed E-state index contributed by atoms with van der Waals surface area (Å²) in [4.78, 5) is 8.94. The lowest BCUT2D eigenvalue weighted by Crippen LogP contribution is -2.15. The largest absolute Gasteiger partial charge is 0.308 e. The van der Waals surface area contributed by atoms with E-state index in [-0.39, 0.29) is 0 Å². The normalized spacial score (nSPS) is 15.1. The quantitative estimate of drug-likeness (QED) is 0.942. The highest BCUT2D eigenvalue weighted by Crippen LogP contribution is 2.24. The van der Waals surface area contributed by atoms with Gasteiger partial charge in [0.2, 0.25) is 0 Å². The van der Waals surface area contributed by atoms with Gasteiger partial charge in [-0.3, -0.25) is 4.98 Å². The van der Waals surface area contributed by atoms with Gasteiger partial charge in [-0.05, 0) is 40.9 Å². The van der Waals surface area contributed by atoms with Crippen molar-refractivity contribution in [3.05, 3.63) is 33.9 Å². The van der Waals surface area contributed by atoms with Gasteiger partial charge in [-0.2, -0.15) is 0 Å². The van der Waals surface area contributed by atoms with E-state index in [1.54, 1.807) is 17.5 Å². The number of nitrogens with one attached hydrogen (secondary N) is 1. The molecular weight excluding hydrogens is 298 g/mol. The molecule has 0 atom stereocenters. The number of pyridine rings is 1. The molecule has 1 aliphatic carbocycles. The average molecular weight is 310 g/mol. The van der Waals surface area contributed by atoms with Crippen molar-refractivity contribution in [1.82, 2.24) is 15.3 Å². The highest BCUT2D eigenvalue weighted by Gasteiger charge is 2.20. The number of hydrogen-bond acceptors (Lipinski definition) is 4. The van der Waals surface area contributed by atoms with E-state index in [4.69, 9.17) is 0 Å². The summed E-state index contributed by atoms with van der Waals surface area (Å²) >= 11 is 5.03. The Bertz CT molecular complexity index is 505. The maximum Gasteiger partial charge on any atom is 0.142 e. The molecule has 3 nitrogen and oxygen atoms in total. The van der Waals surface area contributed by atoms with Crippen LogP contribution in [0.3, 0.4) is 0 Å². The molecule has 0 saturated heterocycles. The van der Waals surface area contributed by atoms with E-state index in [2.05, 4.69) is 36.6 Å². The summed E-state index contributed by atoms with van der Waals surface area (Å²) in [5, 5.41) is 6.56. The SMILES string of the molecule is Brc1ccc(-c2nc(CNC3CC3)cs2)nc1. The maximum atomic E-state index is 4.59. The summed E-state index contributed by atoms with van der Waals surface area (Å²) in [5.74, 6) is 0. The van der Waals surface area contributed by atoms with Crippen LogP contribution in [-0.2, 0) is 6.54 Å². The van der Waals surface area contributed by atoms with Crippen LogP contribution in [0.15, 0.2) is 28.2 Å². The van der Waals surface area contributed by atoms with Gasteiger partial charge in [0.25, 0.3) is 0 Å². The van der Waals surface area contributed by atoms with Gasteiger partial charge in [-0.15, -0.1) is 11.3 Å². The van der Waals surface area contributed by atoms with Gasteiger partial charge in [0.15, 0.2) is 0 Å². The van der Waals surface area contributed by atoms with Crippen LogP contribution < -0.4 is 5.32 Å². The van der Waals surface area contributed by atoms with Gasteiger partial charge in [-0.25, -0.2) is 4.98 Å². The Balaban J connectivity index is 1.72. The first-order valence-electron chi connectivity index (χ1n) is 5.61. The molecule has 0 aromatic carbocycles. The minimum atomic E-state index is 0.728. The fraction of sp³-hybridized carbons (Fsp3) is 0.333. The summed E-state index contributed by atoms with van der Waals surface area (Å²) in [6, 6.07) is 4.71. The lowest BCUT2D eigenvalue weighted by Gasteiger charge is -1.98. The number of halogens is 1. The van der Waals surface area contributed by atoms with E-state index < -0.39 is 0 Å². The number of aromatic nitrogens is 2. The lowest BCUT2D eigenvalue weighted by molar-refractivity contribution is 0.678. The third-order valence-electron chi connectivity index (χ3n) is 2.65. The van der Waals surface area contributed by atoms with Crippen LogP contribution in [0.1, 0.15) is 18.5 Å². The van der Waals surface area contributed by atoms with Crippen molar-refractivity contribution >= 4 is 27.3 Å². The van der Waals surface area contributed by atoms with Crippen LogP contribution in [0.5, 0.6) is 0 Å². The predicted octanol–water partition coefficient (Wildman–Crippen LogP) is 3.22. The van der Waals surface area contributed by atoms with Crippen molar-refractivity contribution in [1.29, 1.82) is 0 Å². The highest BCUT2D eigenvalue weighted by molar-refractivity contribution is 9.10. The first-order valence-corrected chi connectivity index (χ1v) is 7.28. The molecule has 0 bridgehead atoms. The summed E-state index contributed by atoms with van der Waals surface area (Å²) in [6.07, 6.45) is 4.43. The fourth-order valence-electron chi connectivity index (χ4n) is 1.54. The molecule has 2 aromatic rings. The minimum absolute atomic E-state index is 0.728. The van der Waals surface area contributed by atoms with Gasteiger partial charge < -0.3 is 5.32 Å². The van der Waals surface area contributed by atoms with E-state index in [0.717, 1.165) is 33.5 Å². The zero-order valence-electron chi connectivity index (χ0n) is 9.19. The molecule has 2 heterocycles. The van der Waals surface area contributed by atoms with Crippen molar-refractivity contribution in [2.75, 3.05) is 0 Å². The Hall–Kier alpha value is -0.780. The molecule has 0 aliphatic heterocycles. The second kappa shape index (κ2) is 4.84. The fourth-order valence-corrected chi connectivity index (χ4v) is 2.57. The first-order chi connectivity index (χ1) is 8.31. The van der Waals surface area contributed by atoms with E-state index in [9.17, 15) is 0 Å². The second-order valence-electron chi connectivity index (χ2n) is 4.16. The van der Waals surface area contributed by atoms with Gasteiger partial charge in [0.1, 0.15) is 5.01 Å². The van der Waals surface area contributed by atoms with Crippen molar-refractivity contribution in [2.24, 2.45) is 0 Å². The molecule has 1 aliphatic rings. The predicted molar refractivity (Wildman–Crippen MR) is 72.9 cm³/mol. The monoisotopic (exact) mass is 309 g/mol. The van der Waals surface area contributed by atoms with Crippen LogP contribution >= 0.6 is 27.3 Å². The third kappa shape index (κ3) is 2.91. The molecule has 0 radical (unpaired) electrons. The average Bonchev–Trinajstić information content (AvgIpc) is 3.06. The number of nitrogens with zero attached hydrogens (tertiary/aromatic N) is 2. The molecule has 17 heavy (non-hydrogen) atoms. The number of hydrogen-bond donors (Lipinski definition) is 1. The molecule has 0 unspecified atom stereocenters. The van der Waals surface area contributed by atoms with Gasteiger partial charge in [0.05, 0.1) is 11.4 Å². The van der Waals surface area contributed by atoms with E-state index in [1.807, 2.05) is 12.1 Å². The Morgan fingerprint density at radius 3 is 3.00 bits per heavy atom. The Labute approximate surface area is 112 Å². The maximum absolute atomic E-state index is 4.59. The van der Waals surface area contributed by atoms with Crippen LogP contribution in [0, 0.1) is 0 Å². The van der Waals surface area contributed by atoms with E-state index in [0.29, 0.717) is 0 Å². The molecule has 2 aromatic heterocycles. The Morgan fingerprint density at radius 2 is 2.29 bits per heavy atom.